The second-order valence-corrected chi connectivity index (χ2v) is 8.53. The van der Waals surface area contributed by atoms with E-state index in [1.54, 1.807) is 23.2 Å². The summed E-state index contributed by atoms with van der Waals surface area (Å²) < 4.78 is 1.48. The number of likely N-dealkylation sites (tertiary alicyclic amines) is 1. The Balaban J connectivity index is 1.51. The molecule has 8 heteroatoms. The van der Waals surface area contributed by atoms with Gasteiger partial charge in [-0.2, -0.15) is 5.10 Å². The average Bonchev–Trinajstić information content (AvgIpc) is 3.17. The van der Waals surface area contributed by atoms with Crippen molar-refractivity contribution in [2.75, 3.05) is 6.54 Å². The first-order chi connectivity index (χ1) is 13.9. The van der Waals surface area contributed by atoms with Gasteiger partial charge in [0.1, 0.15) is 18.3 Å². The maximum Gasteiger partial charge on any atom is 0.245 e. The van der Waals surface area contributed by atoms with E-state index in [1.165, 1.54) is 11.6 Å². The summed E-state index contributed by atoms with van der Waals surface area (Å²) in [5.41, 5.74) is 0.824. The molecule has 1 saturated heterocycles. The Hall–Kier alpha value is -2.77. The van der Waals surface area contributed by atoms with Crippen LogP contribution in [0.1, 0.15) is 50.5 Å². The number of carbonyl (C=O) groups excluding carboxylic acids is 3. The zero-order chi connectivity index (χ0) is 20.7. The number of aromatic nitrogens is 3. The molecule has 2 amide bonds. The molecular weight excluding hydrogens is 370 g/mol. The van der Waals surface area contributed by atoms with Crippen LogP contribution in [-0.4, -0.2) is 55.9 Å². The Kier molecular flexibility index (Phi) is 5.10. The third kappa shape index (κ3) is 3.75. The fourth-order valence-electron chi connectivity index (χ4n) is 4.24. The summed E-state index contributed by atoms with van der Waals surface area (Å²) in [6.45, 7) is 6.28. The number of ketones is 1. The molecule has 1 aliphatic heterocycles. The summed E-state index contributed by atoms with van der Waals surface area (Å²) in [6, 6.07) is 3.26. The van der Waals surface area contributed by atoms with Crippen LogP contribution in [0.2, 0.25) is 0 Å². The lowest BCUT2D eigenvalue weighted by Crippen LogP contribution is -2.49. The average molecular weight is 397 g/mol. The van der Waals surface area contributed by atoms with Crippen molar-refractivity contribution < 1.29 is 14.4 Å². The number of hydrogen-bond donors (Lipinski definition) is 1. The van der Waals surface area contributed by atoms with E-state index in [2.05, 4.69) is 29.2 Å². The predicted octanol–water partition coefficient (Wildman–Crippen LogP) is 1.79. The number of amides is 2. The third-order valence-corrected chi connectivity index (χ3v) is 5.84. The number of carbonyl (C=O) groups is 3. The summed E-state index contributed by atoms with van der Waals surface area (Å²) in [5.74, 6) is 0.546. The van der Waals surface area contributed by atoms with Crippen LogP contribution < -0.4 is 5.32 Å². The van der Waals surface area contributed by atoms with Crippen LogP contribution in [0.15, 0.2) is 18.3 Å². The fourth-order valence-corrected chi connectivity index (χ4v) is 4.24. The van der Waals surface area contributed by atoms with Gasteiger partial charge < -0.3 is 10.2 Å². The highest BCUT2D eigenvalue weighted by Gasteiger charge is 2.55. The number of pyridine rings is 1. The SMILES string of the molecule is CC(=O)c1nn(CC(=O)N2[C@@H]3C[C@@H]3C[C@H]2C(=O)NCCC(C)C)c2ncccc12. The lowest BCUT2D eigenvalue weighted by Gasteiger charge is -2.27. The van der Waals surface area contributed by atoms with E-state index in [1.807, 2.05) is 0 Å². The van der Waals surface area contributed by atoms with Crippen LogP contribution in [0.3, 0.4) is 0 Å². The second-order valence-electron chi connectivity index (χ2n) is 8.53. The molecule has 0 bridgehead atoms. The molecule has 154 valence electrons. The van der Waals surface area contributed by atoms with E-state index in [4.69, 9.17) is 0 Å². The van der Waals surface area contributed by atoms with Crippen LogP contribution >= 0.6 is 0 Å². The molecule has 2 aromatic rings. The first kappa shape index (κ1) is 19.5. The molecule has 1 aliphatic carbocycles. The number of nitrogens with one attached hydrogen (secondary N) is 1. The molecule has 0 spiro atoms. The largest absolute Gasteiger partial charge is 0.354 e. The molecule has 8 nitrogen and oxygen atoms in total. The van der Waals surface area contributed by atoms with Gasteiger partial charge in [0.05, 0.1) is 5.39 Å². The van der Waals surface area contributed by atoms with Gasteiger partial charge >= 0.3 is 0 Å². The lowest BCUT2D eigenvalue weighted by molar-refractivity contribution is -0.140. The number of piperidine rings is 1. The molecule has 1 N–H and O–H groups in total. The van der Waals surface area contributed by atoms with Crippen molar-refractivity contribution >= 4 is 28.6 Å². The van der Waals surface area contributed by atoms with Gasteiger partial charge in [0.25, 0.3) is 0 Å². The van der Waals surface area contributed by atoms with Crippen LogP contribution in [0.25, 0.3) is 11.0 Å². The quantitative estimate of drug-likeness (QED) is 0.719. The highest BCUT2D eigenvalue weighted by Crippen LogP contribution is 2.48. The maximum atomic E-state index is 13.1. The van der Waals surface area contributed by atoms with Crippen LogP contribution in [0.5, 0.6) is 0 Å². The van der Waals surface area contributed by atoms with Gasteiger partial charge in [-0.3, -0.25) is 14.4 Å². The molecule has 3 heterocycles. The molecule has 4 rings (SSSR count). The van der Waals surface area contributed by atoms with Gasteiger partial charge in [-0.25, -0.2) is 9.67 Å². The number of hydrogen-bond acceptors (Lipinski definition) is 5. The van der Waals surface area contributed by atoms with E-state index in [-0.39, 0.29) is 30.2 Å². The summed E-state index contributed by atoms with van der Waals surface area (Å²) in [7, 11) is 0. The molecule has 2 aromatic heterocycles. The van der Waals surface area contributed by atoms with Crippen molar-refractivity contribution in [1.29, 1.82) is 0 Å². The monoisotopic (exact) mass is 397 g/mol. The summed E-state index contributed by atoms with van der Waals surface area (Å²) >= 11 is 0. The Bertz CT molecular complexity index is 966. The molecule has 0 unspecified atom stereocenters. The second kappa shape index (κ2) is 7.57. The standard InChI is InChI=1S/C21H27N5O3/c1-12(2)6-8-23-21(29)17-10-14-9-16(14)26(17)18(28)11-25-20-15(5-4-7-22-20)19(24-25)13(3)27/h4-5,7,12,14,16-17H,6,8-11H2,1-3H3,(H,23,29)/t14-,16-,17+/m1/s1. The first-order valence-electron chi connectivity index (χ1n) is 10.3. The van der Waals surface area contributed by atoms with Gasteiger partial charge in [-0.15, -0.1) is 0 Å². The fraction of sp³-hybridized carbons (Fsp3) is 0.571. The van der Waals surface area contributed by atoms with Crippen LogP contribution in [-0.2, 0) is 16.1 Å². The smallest absolute Gasteiger partial charge is 0.245 e. The number of nitrogens with zero attached hydrogens (tertiary/aromatic N) is 4. The van der Waals surface area contributed by atoms with E-state index >= 15 is 0 Å². The molecule has 0 radical (unpaired) electrons. The highest BCUT2D eigenvalue weighted by molar-refractivity contribution is 6.04. The van der Waals surface area contributed by atoms with E-state index < -0.39 is 6.04 Å². The maximum absolute atomic E-state index is 13.1. The number of Topliss-reactive ketones (excluding diaryl/α,β-unsaturated/α-hetero) is 1. The van der Waals surface area contributed by atoms with E-state index in [9.17, 15) is 14.4 Å². The number of rotatable bonds is 7. The lowest BCUT2D eigenvalue weighted by atomic mass is 10.1. The van der Waals surface area contributed by atoms with Gasteiger partial charge in [0.2, 0.25) is 11.8 Å². The molecule has 2 aliphatic rings. The zero-order valence-corrected chi connectivity index (χ0v) is 17.1. The summed E-state index contributed by atoms with van der Waals surface area (Å²) in [5, 5.41) is 7.96. The summed E-state index contributed by atoms with van der Waals surface area (Å²) in [4.78, 5) is 43.8. The van der Waals surface area contributed by atoms with Gasteiger partial charge in [0.15, 0.2) is 11.4 Å². The molecule has 0 aromatic carbocycles. The van der Waals surface area contributed by atoms with Crippen molar-refractivity contribution in [3.8, 4) is 0 Å². The predicted molar refractivity (Wildman–Crippen MR) is 107 cm³/mol. The van der Waals surface area contributed by atoms with Crippen molar-refractivity contribution in [2.24, 2.45) is 11.8 Å². The minimum Gasteiger partial charge on any atom is -0.354 e. The van der Waals surface area contributed by atoms with Crippen molar-refractivity contribution in [2.45, 2.75) is 58.7 Å². The third-order valence-electron chi connectivity index (χ3n) is 5.84. The van der Waals surface area contributed by atoms with Crippen LogP contribution in [0.4, 0.5) is 0 Å². The Morgan fingerprint density at radius 3 is 2.79 bits per heavy atom. The van der Waals surface area contributed by atoms with E-state index in [0.29, 0.717) is 35.1 Å². The Morgan fingerprint density at radius 1 is 1.28 bits per heavy atom. The molecular formula is C21H27N5O3. The summed E-state index contributed by atoms with van der Waals surface area (Å²) in [6.07, 6.45) is 4.21. The highest BCUT2D eigenvalue weighted by atomic mass is 16.2. The van der Waals surface area contributed by atoms with Crippen molar-refractivity contribution in [1.82, 2.24) is 25.0 Å². The van der Waals surface area contributed by atoms with Gasteiger partial charge in [-0.1, -0.05) is 13.8 Å². The molecule has 2 fully saturated rings. The zero-order valence-electron chi connectivity index (χ0n) is 17.1. The normalized spacial score (nSPS) is 22.8. The minimum atomic E-state index is -0.416. The Labute approximate surface area is 169 Å². The molecule has 1 saturated carbocycles. The van der Waals surface area contributed by atoms with E-state index in [0.717, 1.165) is 19.3 Å². The number of fused-ring (bicyclic) bond motifs is 2. The van der Waals surface area contributed by atoms with Crippen LogP contribution in [0, 0.1) is 11.8 Å². The van der Waals surface area contributed by atoms with Crippen molar-refractivity contribution in [3.63, 3.8) is 0 Å². The first-order valence-corrected chi connectivity index (χ1v) is 10.3. The topological polar surface area (TPSA) is 97.2 Å². The van der Waals surface area contributed by atoms with Gasteiger partial charge in [-0.05, 0) is 43.2 Å². The Morgan fingerprint density at radius 2 is 2.07 bits per heavy atom. The van der Waals surface area contributed by atoms with Crippen molar-refractivity contribution in [3.05, 3.63) is 24.0 Å². The molecule has 29 heavy (non-hydrogen) atoms. The van der Waals surface area contributed by atoms with Gasteiger partial charge in [0, 0.05) is 25.7 Å². The molecule has 3 atom stereocenters. The minimum absolute atomic E-state index is 0.0280.